The van der Waals surface area contributed by atoms with Crippen molar-refractivity contribution in [3.8, 4) is 0 Å². The van der Waals surface area contributed by atoms with Gasteiger partial charge in [-0.05, 0) is 29.3 Å². The van der Waals surface area contributed by atoms with E-state index in [1.807, 2.05) is 36.4 Å². The molecule has 0 radical (unpaired) electrons. The maximum atomic E-state index is 10.0. The minimum absolute atomic E-state index is 0.241. The Kier molecular flexibility index (Phi) is 4.96. The minimum atomic E-state index is -0.661. The molecule has 1 atom stereocenters. The van der Waals surface area contributed by atoms with E-state index in [2.05, 4.69) is 15.9 Å². The molecule has 3 nitrogen and oxygen atoms in total. The summed E-state index contributed by atoms with van der Waals surface area (Å²) in [6.45, 7) is 0.700. The second kappa shape index (κ2) is 6.70. The number of hydrogen-bond acceptors (Lipinski definition) is 3. The van der Waals surface area contributed by atoms with Gasteiger partial charge in [-0.3, -0.25) is 0 Å². The molecule has 4 heteroatoms. The molecule has 0 aliphatic rings. The molecule has 1 unspecified atom stereocenters. The molecule has 2 aromatic carbocycles. The van der Waals surface area contributed by atoms with Gasteiger partial charge >= 0.3 is 0 Å². The molecule has 2 aromatic rings. The predicted octanol–water partition coefficient (Wildman–Crippen LogP) is 3.28. The lowest BCUT2D eigenvalue weighted by molar-refractivity contribution is 0.0275. The minimum Gasteiger partial charge on any atom is -0.399 e. The topological polar surface area (TPSA) is 55.5 Å². The fraction of sp³-hybridized carbons (Fsp3) is 0.200. The fourth-order valence-electron chi connectivity index (χ4n) is 1.76. The van der Waals surface area contributed by atoms with E-state index in [1.165, 1.54) is 0 Å². The Labute approximate surface area is 121 Å². The van der Waals surface area contributed by atoms with E-state index in [0.29, 0.717) is 12.3 Å². The summed E-state index contributed by atoms with van der Waals surface area (Å²) in [4.78, 5) is 0. The first-order chi connectivity index (χ1) is 9.16. The van der Waals surface area contributed by atoms with E-state index < -0.39 is 6.10 Å². The number of benzene rings is 2. The molecule has 0 spiro atoms. The Hall–Kier alpha value is -1.36. The lowest BCUT2D eigenvalue weighted by Crippen LogP contribution is -2.07. The Morgan fingerprint density at radius 1 is 1.16 bits per heavy atom. The number of nitrogens with two attached hydrogens (primary N) is 1. The van der Waals surface area contributed by atoms with Crippen molar-refractivity contribution >= 4 is 21.6 Å². The number of hydrogen-bond donors (Lipinski definition) is 2. The largest absolute Gasteiger partial charge is 0.399 e. The number of halogens is 1. The molecule has 2 rings (SSSR count). The van der Waals surface area contributed by atoms with Gasteiger partial charge in [0.25, 0.3) is 0 Å². The highest BCUT2D eigenvalue weighted by Gasteiger charge is 2.08. The Morgan fingerprint density at radius 2 is 1.95 bits per heavy atom. The van der Waals surface area contributed by atoms with Crippen LogP contribution in [0.2, 0.25) is 0 Å². The third kappa shape index (κ3) is 4.06. The molecule has 0 saturated heterocycles. The molecule has 0 saturated carbocycles. The highest BCUT2D eigenvalue weighted by atomic mass is 79.9. The second-order valence-corrected chi connectivity index (χ2v) is 5.15. The number of rotatable bonds is 5. The van der Waals surface area contributed by atoms with E-state index in [0.717, 1.165) is 15.6 Å². The van der Waals surface area contributed by atoms with Crippen LogP contribution in [0.3, 0.4) is 0 Å². The van der Waals surface area contributed by atoms with Crippen LogP contribution in [0.15, 0.2) is 53.0 Å². The van der Waals surface area contributed by atoms with Gasteiger partial charge < -0.3 is 15.6 Å². The summed E-state index contributed by atoms with van der Waals surface area (Å²) in [6, 6.07) is 15.1. The molecule has 0 bridgehead atoms. The number of nitrogen functional groups attached to an aromatic ring is 1. The first-order valence-electron chi connectivity index (χ1n) is 6.01. The summed E-state index contributed by atoms with van der Waals surface area (Å²) in [7, 11) is 0. The van der Waals surface area contributed by atoms with Gasteiger partial charge in [-0.15, -0.1) is 0 Å². The molecule has 0 amide bonds. The van der Waals surface area contributed by atoms with Crippen LogP contribution >= 0.6 is 15.9 Å². The lowest BCUT2D eigenvalue weighted by atomic mass is 10.1. The summed E-state index contributed by atoms with van der Waals surface area (Å²) in [5, 5.41) is 10.0. The number of ether oxygens (including phenoxy) is 1. The maximum Gasteiger partial charge on any atom is 0.102 e. The monoisotopic (exact) mass is 321 g/mol. The summed E-state index contributed by atoms with van der Waals surface area (Å²) < 4.78 is 6.54. The Balaban J connectivity index is 1.88. The zero-order valence-electron chi connectivity index (χ0n) is 10.4. The molecular formula is C15H16BrNO2. The molecule has 0 aliphatic carbocycles. The van der Waals surface area contributed by atoms with Crippen molar-refractivity contribution < 1.29 is 9.84 Å². The third-order valence-electron chi connectivity index (χ3n) is 2.79. The van der Waals surface area contributed by atoms with Crippen molar-refractivity contribution in [3.05, 3.63) is 64.1 Å². The van der Waals surface area contributed by atoms with Crippen LogP contribution in [-0.2, 0) is 11.3 Å². The molecule has 19 heavy (non-hydrogen) atoms. The van der Waals surface area contributed by atoms with E-state index >= 15 is 0 Å². The van der Waals surface area contributed by atoms with Gasteiger partial charge in [0.2, 0.25) is 0 Å². The van der Waals surface area contributed by atoms with Crippen molar-refractivity contribution in [2.45, 2.75) is 12.7 Å². The van der Waals surface area contributed by atoms with Crippen LogP contribution in [0.25, 0.3) is 0 Å². The van der Waals surface area contributed by atoms with Gasteiger partial charge in [0.1, 0.15) is 6.10 Å². The molecule has 0 heterocycles. The van der Waals surface area contributed by atoms with Gasteiger partial charge in [-0.2, -0.15) is 0 Å². The highest BCUT2D eigenvalue weighted by molar-refractivity contribution is 9.10. The molecule has 0 aliphatic heterocycles. The van der Waals surface area contributed by atoms with Crippen LogP contribution < -0.4 is 5.73 Å². The van der Waals surface area contributed by atoms with Crippen LogP contribution in [0.5, 0.6) is 0 Å². The van der Waals surface area contributed by atoms with E-state index in [9.17, 15) is 5.11 Å². The standard InChI is InChI=1S/C15H16BrNO2/c16-14-7-2-1-4-12(14)9-19-10-15(18)11-5-3-6-13(17)8-11/h1-8,15,18H,9-10,17H2. The lowest BCUT2D eigenvalue weighted by Gasteiger charge is -2.12. The van der Waals surface area contributed by atoms with Gasteiger partial charge in [0, 0.05) is 10.2 Å². The van der Waals surface area contributed by atoms with Crippen molar-refractivity contribution in [2.75, 3.05) is 12.3 Å². The van der Waals surface area contributed by atoms with Crippen LogP contribution in [0.1, 0.15) is 17.2 Å². The maximum absolute atomic E-state index is 10.0. The fourth-order valence-corrected chi connectivity index (χ4v) is 2.16. The predicted molar refractivity (Wildman–Crippen MR) is 79.6 cm³/mol. The Morgan fingerprint density at radius 3 is 2.68 bits per heavy atom. The zero-order chi connectivity index (χ0) is 13.7. The average molecular weight is 322 g/mol. The van der Waals surface area contributed by atoms with Crippen molar-refractivity contribution in [3.63, 3.8) is 0 Å². The van der Waals surface area contributed by atoms with E-state index in [4.69, 9.17) is 10.5 Å². The normalized spacial score (nSPS) is 12.3. The summed E-state index contributed by atoms with van der Waals surface area (Å²) >= 11 is 3.46. The summed E-state index contributed by atoms with van der Waals surface area (Å²) in [5.74, 6) is 0. The Bertz CT molecular complexity index is 545. The van der Waals surface area contributed by atoms with Crippen molar-refractivity contribution in [1.29, 1.82) is 0 Å². The SMILES string of the molecule is Nc1cccc(C(O)COCc2ccccc2Br)c1. The summed E-state index contributed by atoms with van der Waals surface area (Å²) in [5.41, 5.74) is 8.15. The van der Waals surface area contributed by atoms with Crippen LogP contribution in [0, 0.1) is 0 Å². The van der Waals surface area contributed by atoms with Crippen LogP contribution in [-0.4, -0.2) is 11.7 Å². The summed E-state index contributed by atoms with van der Waals surface area (Å²) in [6.07, 6.45) is -0.661. The van der Waals surface area contributed by atoms with E-state index in [-0.39, 0.29) is 6.61 Å². The number of anilines is 1. The molecular weight excluding hydrogens is 306 g/mol. The smallest absolute Gasteiger partial charge is 0.102 e. The number of aliphatic hydroxyl groups excluding tert-OH is 1. The quantitative estimate of drug-likeness (QED) is 0.831. The second-order valence-electron chi connectivity index (χ2n) is 4.29. The van der Waals surface area contributed by atoms with Crippen LogP contribution in [0.4, 0.5) is 5.69 Å². The van der Waals surface area contributed by atoms with Gasteiger partial charge in [0.15, 0.2) is 0 Å². The van der Waals surface area contributed by atoms with Gasteiger partial charge in [0.05, 0.1) is 13.2 Å². The first kappa shape index (κ1) is 14.1. The molecule has 3 N–H and O–H groups in total. The highest BCUT2D eigenvalue weighted by Crippen LogP contribution is 2.19. The molecule has 0 aromatic heterocycles. The van der Waals surface area contributed by atoms with Crippen molar-refractivity contribution in [1.82, 2.24) is 0 Å². The zero-order valence-corrected chi connectivity index (χ0v) is 12.0. The van der Waals surface area contributed by atoms with Gasteiger partial charge in [-0.25, -0.2) is 0 Å². The number of aliphatic hydroxyl groups is 1. The first-order valence-corrected chi connectivity index (χ1v) is 6.81. The van der Waals surface area contributed by atoms with Gasteiger partial charge in [-0.1, -0.05) is 46.3 Å². The third-order valence-corrected chi connectivity index (χ3v) is 3.56. The average Bonchev–Trinajstić information content (AvgIpc) is 2.41. The molecule has 100 valence electrons. The molecule has 0 fully saturated rings. The van der Waals surface area contributed by atoms with Crippen molar-refractivity contribution in [2.24, 2.45) is 0 Å². The van der Waals surface area contributed by atoms with E-state index in [1.54, 1.807) is 12.1 Å².